The van der Waals surface area contributed by atoms with E-state index in [9.17, 15) is 13.2 Å². The Hall–Kier alpha value is -0.940. The normalized spacial score (nSPS) is 12.4. The van der Waals surface area contributed by atoms with Crippen LogP contribution in [0.4, 0.5) is 13.2 Å². The van der Waals surface area contributed by atoms with Gasteiger partial charge >= 0.3 is 6.36 Å². The molecule has 1 aromatic carbocycles. The smallest absolute Gasteiger partial charge is 0.404 e. The average Bonchev–Trinajstić information content (AvgIpc) is 2.35. The lowest BCUT2D eigenvalue weighted by molar-refractivity contribution is -0.274. The van der Waals surface area contributed by atoms with Gasteiger partial charge in [0.15, 0.2) is 5.75 Å². The molecule has 1 atom stereocenters. The second kappa shape index (κ2) is 9.15. The second-order valence-electron chi connectivity index (χ2n) is 4.64. The molecule has 1 rings (SSSR count). The number of halogens is 4. The van der Waals surface area contributed by atoms with Crippen LogP contribution in [0.25, 0.3) is 0 Å². The van der Waals surface area contributed by atoms with E-state index in [2.05, 4.69) is 4.74 Å². The van der Waals surface area contributed by atoms with Crippen LogP contribution >= 0.6 is 11.6 Å². The molecule has 21 heavy (non-hydrogen) atoms. The summed E-state index contributed by atoms with van der Waals surface area (Å²) in [5.41, 5.74) is 6.90. The molecule has 0 amide bonds. The highest BCUT2D eigenvalue weighted by atomic mass is 35.5. The van der Waals surface area contributed by atoms with E-state index in [-0.39, 0.29) is 16.8 Å². The minimum Gasteiger partial charge on any atom is -0.404 e. The van der Waals surface area contributed by atoms with Crippen molar-refractivity contribution in [1.82, 2.24) is 0 Å². The van der Waals surface area contributed by atoms with Gasteiger partial charge in [-0.2, -0.15) is 0 Å². The number of alkyl halides is 3. The number of hydrogen-bond acceptors (Lipinski definition) is 2. The number of nitrogens with two attached hydrogens (primary N) is 1. The second-order valence-corrected chi connectivity index (χ2v) is 5.05. The van der Waals surface area contributed by atoms with Crippen molar-refractivity contribution < 1.29 is 17.9 Å². The Morgan fingerprint density at radius 2 is 1.86 bits per heavy atom. The number of hydrogen-bond donors (Lipinski definition) is 1. The SMILES string of the molecule is CC.Cc1cc(CCC[C@H](C)N)cc(Cl)c1OC(F)(F)F. The first-order valence-electron chi connectivity index (χ1n) is 6.99. The first kappa shape index (κ1) is 20.1. The van der Waals surface area contributed by atoms with E-state index in [1.807, 2.05) is 20.8 Å². The predicted octanol–water partition coefficient (Wildman–Crippen LogP) is 5.24. The summed E-state index contributed by atoms with van der Waals surface area (Å²) in [5, 5.41) is -0.0203. The Kier molecular flexibility index (Phi) is 8.74. The highest BCUT2D eigenvalue weighted by Crippen LogP contribution is 2.34. The minimum absolute atomic E-state index is 0.0203. The van der Waals surface area contributed by atoms with E-state index in [0.717, 1.165) is 24.8 Å². The number of aryl methyl sites for hydroxylation is 2. The van der Waals surface area contributed by atoms with E-state index in [1.165, 1.54) is 6.07 Å². The fourth-order valence-corrected chi connectivity index (χ4v) is 2.15. The standard InChI is InChI=1S/C13H17ClF3NO.C2H6/c1-8-6-10(5-3-4-9(2)18)7-11(14)12(8)19-13(15,16)17;1-2/h6-7,9H,3-5,18H2,1-2H3;1-2H3/t9-;/m0./s1. The van der Waals surface area contributed by atoms with Gasteiger partial charge in [-0.15, -0.1) is 13.2 Å². The zero-order chi connectivity index (χ0) is 16.6. The molecule has 0 spiro atoms. The maximum absolute atomic E-state index is 12.2. The number of rotatable bonds is 5. The van der Waals surface area contributed by atoms with Crippen LogP contribution in [-0.2, 0) is 6.42 Å². The van der Waals surface area contributed by atoms with Gasteiger partial charge in [0.1, 0.15) is 0 Å². The fourth-order valence-electron chi connectivity index (χ4n) is 1.82. The molecule has 0 aliphatic rings. The Balaban J connectivity index is 0.00000191. The van der Waals surface area contributed by atoms with Crippen LogP contribution in [0.2, 0.25) is 5.02 Å². The molecule has 0 saturated heterocycles. The van der Waals surface area contributed by atoms with Gasteiger partial charge in [-0.25, -0.2) is 0 Å². The molecule has 0 unspecified atom stereocenters. The van der Waals surface area contributed by atoms with Crippen molar-refractivity contribution in [3.8, 4) is 5.75 Å². The maximum atomic E-state index is 12.2. The molecule has 6 heteroatoms. The number of ether oxygens (including phenoxy) is 1. The maximum Gasteiger partial charge on any atom is 0.573 e. The molecule has 122 valence electrons. The molecule has 2 nitrogen and oxygen atoms in total. The highest BCUT2D eigenvalue weighted by Gasteiger charge is 2.32. The van der Waals surface area contributed by atoms with E-state index in [4.69, 9.17) is 17.3 Å². The van der Waals surface area contributed by atoms with Crippen molar-refractivity contribution in [2.45, 2.75) is 59.4 Å². The first-order valence-corrected chi connectivity index (χ1v) is 7.37. The van der Waals surface area contributed by atoms with E-state index < -0.39 is 6.36 Å². The molecule has 2 N–H and O–H groups in total. The summed E-state index contributed by atoms with van der Waals surface area (Å²) in [6.45, 7) is 7.46. The van der Waals surface area contributed by atoms with Crippen LogP contribution in [0.15, 0.2) is 12.1 Å². The first-order chi connectivity index (χ1) is 9.69. The van der Waals surface area contributed by atoms with Crippen molar-refractivity contribution in [2.75, 3.05) is 0 Å². The summed E-state index contributed by atoms with van der Waals surface area (Å²) in [5.74, 6) is -0.329. The summed E-state index contributed by atoms with van der Waals surface area (Å²) in [6, 6.07) is 3.29. The summed E-state index contributed by atoms with van der Waals surface area (Å²) in [6.07, 6.45) is -2.27. The van der Waals surface area contributed by atoms with Gasteiger partial charge in [0.05, 0.1) is 5.02 Å². The topological polar surface area (TPSA) is 35.2 Å². The van der Waals surface area contributed by atoms with Gasteiger partial charge in [-0.1, -0.05) is 31.5 Å². The van der Waals surface area contributed by atoms with Crippen LogP contribution < -0.4 is 10.5 Å². The van der Waals surface area contributed by atoms with E-state index in [0.29, 0.717) is 5.56 Å². The molecule has 0 aliphatic heterocycles. The fraction of sp³-hybridized carbons (Fsp3) is 0.600. The summed E-state index contributed by atoms with van der Waals surface area (Å²) in [4.78, 5) is 0. The quantitative estimate of drug-likeness (QED) is 0.803. The molecule has 0 aromatic heterocycles. The summed E-state index contributed by atoms with van der Waals surface area (Å²) in [7, 11) is 0. The summed E-state index contributed by atoms with van der Waals surface area (Å²) >= 11 is 5.83. The predicted molar refractivity (Wildman–Crippen MR) is 80.8 cm³/mol. The lowest BCUT2D eigenvalue weighted by Gasteiger charge is -2.14. The summed E-state index contributed by atoms with van der Waals surface area (Å²) < 4.78 is 40.5. The zero-order valence-electron chi connectivity index (χ0n) is 12.9. The van der Waals surface area contributed by atoms with E-state index in [1.54, 1.807) is 13.0 Å². The highest BCUT2D eigenvalue weighted by molar-refractivity contribution is 6.32. The van der Waals surface area contributed by atoms with Crippen LogP contribution in [0.1, 0.15) is 44.7 Å². The number of benzene rings is 1. The van der Waals surface area contributed by atoms with Crippen LogP contribution in [0.5, 0.6) is 5.75 Å². The molecular formula is C15H23ClF3NO. The Morgan fingerprint density at radius 3 is 2.29 bits per heavy atom. The van der Waals surface area contributed by atoms with Gasteiger partial charge in [-0.05, 0) is 50.3 Å². The Labute approximate surface area is 129 Å². The minimum atomic E-state index is -4.73. The van der Waals surface area contributed by atoms with Crippen LogP contribution in [-0.4, -0.2) is 12.4 Å². The molecule has 0 heterocycles. The molecule has 0 saturated carbocycles. The molecule has 0 aliphatic carbocycles. The van der Waals surface area contributed by atoms with Gasteiger partial charge < -0.3 is 10.5 Å². The largest absolute Gasteiger partial charge is 0.573 e. The zero-order valence-corrected chi connectivity index (χ0v) is 13.6. The van der Waals surface area contributed by atoms with Crippen molar-refractivity contribution in [2.24, 2.45) is 5.73 Å². The monoisotopic (exact) mass is 325 g/mol. The Bertz CT molecular complexity index is 410. The third-order valence-electron chi connectivity index (χ3n) is 2.63. The van der Waals surface area contributed by atoms with Crippen molar-refractivity contribution in [3.05, 3.63) is 28.3 Å². The van der Waals surface area contributed by atoms with Gasteiger partial charge in [-0.3, -0.25) is 0 Å². The van der Waals surface area contributed by atoms with Crippen molar-refractivity contribution >= 4 is 11.6 Å². The third kappa shape index (κ3) is 8.17. The average molecular weight is 326 g/mol. The van der Waals surface area contributed by atoms with Gasteiger partial charge in [0.2, 0.25) is 0 Å². The Morgan fingerprint density at radius 1 is 1.29 bits per heavy atom. The van der Waals surface area contributed by atoms with Crippen molar-refractivity contribution in [1.29, 1.82) is 0 Å². The molecular weight excluding hydrogens is 303 g/mol. The van der Waals surface area contributed by atoms with Gasteiger partial charge in [0.25, 0.3) is 0 Å². The van der Waals surface area contributed by atoms with Crippen molar-refractivity contribution in [3.63, 3.8) is 0 Å². The van der Waals surface area contributed by atoms with Crippen LogP contribution in [0, 0.1) is 6.92 Å². The lowest BCUT2D eigenvalue weighted by Crippen LogP contribution is -2.18. The lowest BCUT2D eigenvalue weighted by atomic mass is 10.0. The molecule has 0 fully saturated rings. The third-order valence-corrected chi connectivity index (χ3v) is 2.91. The van der Waals surface area contributed by atoms with E-state index >= 15 is 0 Å². The molecule has 0 radical (unpaired) electrons. The van der Waals surface area contributed by atoms with Gasteiger partial charge in [0, 0.05) is 6.04 Å². The van der Waals surface area contributed by atoms with Crippen LogP contribution in [0.3, 0.4) is 0 Å². The molecule has 1 aromatic rings. The molecule has 0 bridgehead atoms.